The molecule has 5 nitrogen and oxygen atoms in total. The van der Waals surface area contributed by atoms with Gasteiger partial charge < -0.3 is 16.2 Å². The van der Waals surface area contributed by atoms with Gasteiger partial charge in [0.15, 0.2) is 0 Å². The van der Waals surface area contributed by atoms with Crippen LogP contribution < -0.4 is 11.1 Å². The number of benzene rings is 2. The molecule has 0 saturated heterocycles. The van der Waals surface area contributed by atoms with Gasteiger partial charge in [0.2, 0.25) is 12.3 Å². The molecule has 1 unspecified atom stereocenters. The molecule has 142 valence electrons. The molecule has 4 N–H and O–H groups in total. The third-order valence-electron chi connectivity index (χ3n) is 4.52. The van der Waals surface area contributed by atoms with E-state index in [-0.39, 0.29) is 5.84 Å². The number of nitrogens with zero attached hydrogens (tertiary/aromatic N) is 1. The number of hydrogen-bond acceptors (Lipinski definition) is 5. The first kappa shape index (κ1) is 19.1. The summed E-state index contributed by atoms with van der Waals surface area (Å²) in [5.74, 6) is -0.410. The normalized spacial score (nSPS) is 20.9. The summed E-state index contributed by atoms with van der Waals surface area (Å²) < 4.78 is 0. The topological polar surface area (TPSA) is 87.7 Å². The Balaban J connectivity index is 1.88. The zero-order valence-corrected chi connectivity index (χ0v) is 16.7. The lowest BCUT2D eigenvalue weighted by molar-refractivity contribution is -0.128. The van der Waals surface area contributed by atoms with Crippen LogP contribution in [0.4, 0.5) is 0 Å². The Morgan fingerprint density at radius 1 is 0.964 bits per heavy atom. The SMILES string of the molecule is NC1=NC(O)NC(=O)C12C=C(c1ccc(Cl)cc1)SC(c1ccc(Cl)cc1)=C2. The Kier molecular flexibility index (Phi) is 4.97. The summed E-state index contributed by atoms with van der Waals surface area (Å²) in [7, 11) is 0. The molecule has 2 aliphatic rings. The summed E-state index contributed by atoms with van der Waals surface area (Å²) in [5.41, 5.74) is 6.62. The molecule has 2 aliphatic heterocycles. The van der Waals surface area contributed by atoms with Gasteiger partial charge in [-0.25, -0.2) is 4.99 Å². The molecule has 2 heterocycles. The van der Waals surface area contributed by atoms with Crippen molar-refractivity contribution in [3.8, 4) is 0 Å². The van der Waals surface area contributed by atoms with Crippen molar-refractivity contribution in [3.05, 3.63) is 81.9 Å². The number of amidine groups is 1. The van der Waals surface area contributed by atoms with Crippen LogP contribution in [0, 0.1) is 5.41 Å². The average Bonchev–Trinajstić information content (AvgIpc) is 2.67. The number of nitrogens with one attached hydrogen (secondary N) is 1. The summed E-state index contributed by atoms with van der Waals surface area (Å²) in [6.07, 6.45) is 2.17. The fraction of sp³-hybridized carbons (Fsp3) is 0.100. The number of aliphatic hydroxyl groups is 1. The minimum Gasteiger partial charge on any atom is -0.386 e. The number of aliphatic imine (C=N–C) groups is 1. The van der Waals surface area contributed by atoms with Gasteiger partial charge in [-0.1, -0.05) is 59.2 Å². The van der Waals surface area contributed by atoms with Gasteiger partial charge in [-0.3, -0.25) is 4.79 Å². The van der Waals surface area contributed by atoms with Crippen molar-refractivity contribution >= 4 is 56.5 Å². The maximum atomic E-state index is 12.9. The largest absolute Gasteiger partial charge is 0.386 e. The van der Waals surface area contributed by atoms with Crippen LogP contribution in [-0.2, 0) is 4.79 Å². The van der Waals surface area contributed by atoms with Crippen LogP contribution >= 0.6 is 35.0 Å². The highest BCUT2D eigenvalue weighted by Crippen LogP contribution is 2.49. The Labute approximate surface area is 175 Å². The molecular weight excluding hydrogens is 417 g/mol. The Hall–Kier alpha value is -2.25. The molecule has 1 amide bonds. The summed E-state index contributed by atoms with van der Waals surface area (Å²) in [4.78, 5) is 18.5. The highest BCUT2D eigenvalue weighted by Gasteiger charge is 2.45. The summed E-state index contributed by atoms with van der Waals surface area (Å²) in [5, 5.41) is 13.4. The first-order valence-corrected chi connectivity index (χ1v) is 9.93. The molecule has 8 heteroatoms. The zero-order valence-electron chi connectivity index (χ0n) is 14.4. The van der Waals surface area contributed by atoms with Crippen molar-refractivity contribution in [1.82, 2.24) is 5.32 Å². The van der Waals surface area contributed by atoms with Crippen molar-refractivity contribution in [2.24, 2.45) is 16.1 Å². The second-order valence-corrected chi connectivity index (χ2v) is 8.32. The molecule has 0 fully saturated rings. The molecule has 0 aliphatic carbocycles. The van der Waals surface area contributed by atoms with Crippen LogP contribution in [0.3, 0.4) is 0 Å². The molecule has 1 spiro atoms. The van der Waals surface area contributed by atoms with Crippen LogP contribution in [0.15, 0.2) is 65.7 Å². The van der Waals surface area contributed by atoms with Crippen molar-refractivity contribution in [2.75, 3.05) is 0 Å². The van der Waals surface area contributed by atoms with Gasteiger partial charge in [0.25, 0.3) is 0 Å². The van der Waals surface area contributed by atoms with Crippen LogP contribution in [0.2, 0.25) is 10.0 Å². The Morgan fingerprint density at radius 2 is 1.43 bits per heavy atom. The van der Waals surface area contributed by atoms with E-state index in [1.807, 2.05) is 24.3 Å². The van der Waals surface area contributed by atoms with E-state index in [0.717, 1.165) is 20.9 Å². The molecule has 4 rings (SSSR count). The molecule has 1 atom stereocenters. The van der Waals surface area contributed by atoms with Gasteiger partial charge >= 0.3 is 0 Å². The molecule has 2 aromatic rings. The van der Waals surface area contributed by atoms with Crippen molar-refractivity contribution in [2.45, 2.75) is 6.35 Å². The number of aliphatic hydroxyl groups excluding tert-OH is 1. The number of carbonyl (C=O) groups excluding carboxylic acids is 1. The molecule has 0 aromatic heterocycles. The third-order valence-corrected chi connectivity index (χ3v) is 6.17. The summed E-state index contributed by atoms with van der Waals surface area (Å²) >= 11 is 13.5. The fourth-order valence-electron chi connectivity index (χ4n) is 3.05. The number of amides is 1. The summed E-state index contributed by atoms with van der Waals surface area (Å²) in [6.45, 7) is 0. The van der Waals surface area contributed by atoms with E-state index in [4.69, 9.17) is 28.9 Å². The lowest BCUT2D eigenvalue weighted by Gasteiger charge is -2.35. The summed E-state index contributed by atoms with van der Waals surface area (Å²) in [6, 6.07) is 14.7. The van der Waals surface area contributed by atoms with Gasteiger partial charge in [0, 0.05) is 19.9 Å². The van der Waals surface area contributed by atoms with E-state index >= 15 is 0 Å². The van der Waals surface area contributed by atoms with Gasteiger partial charge in [-0.05, 0) is 47.5 Å². The monoisotopic (exact) mass is 431 g/mol. The first-order valence-electron chi connectivity index (χ1n) is 8.36. The predicted octanol–water partition coefficient (Wildman–Crippen LogP) is 3.87. The number of carbonyl (C=O) groups is 1. The van der Waals surface area contributed by atoms with Crippen LogP contribution in [0.1, 0.15) is 11.1 Å². The fourth-order valence-corrected chi connectivity index (χ4v) is 4.53. The number of thioether (sulfide) groups is 1. The first-order chi connectivity index (χ1) is 13.4. The Morgan fingerprint density at radius 3 is 1.86 bits per heavy atom. The minimum atomic E-state index is -1.35. The van der Waals surface area contributed by atoms with Crippen molar-refractivity contribution in [3.63, 3.8) is 0 Å². The predicted molar refractivity (Wildman–Crippen MR) is 115 cm³/mol. The van der Waals surface area contributed by atoms with Crippen LogP contribution in [0.5, 0.6) is 0 Å². The van der Waals surface area contributed by atoms with Crippen molar-refractivity contribution in [1.29, 1.82) is 0 Å². The second-order valence-electron chi connectivity index (χ2n) is 6.36. The lowest BCUT2D eigenvalue weighted by atomic mass is 9.82. The Bertz CT molecular complexity index is 969. The van der Waals surface area contributed by atoms with Gasteiger partial charge in [-0.15, -0.1) is 0 Å². The van der Waals surface area contributed by atoms with Crippen molar-refractivity contribution < 1.29 is 9.90 Å². The number of nitrogens with two attached hydrogens (primary N) is 1. The van der Waals surface area contributed by atoms with E-state index in [0.29, 0.717) is 10.0 Å². The standard InChI is InChI=1S/C20H15Cl2N3O2S/c21-13-5-1-11(2-6-13)15-9-20(17(23)24-19(27)25-18(20)26)10-16(28-15)12-3-7-14(22)8-4-12/h1-10,19,27H,(H2,23,24)(H,25,26). The number of rotatable bonds is 2. The third kappa shape index (κ3) is 3.44. The smallest absolute Gasteiger partial charge is 0.245 e. The van der Waals surface area contributed by atoms with E-state index in [1.165, 1.54) is 11.8 Å². The minimum absolute atomic E-state index is 0.0296. The molecule has 0 bridgehead atoms. The van der Waals surface area contributed by atoms with Gasteiger partial charge in [0.05, 0.1) is 0 Å². The van der Waals surface area contributed by atoms with Crippen LogP contribution in [-0.4, -0.2) is 23.2 Å². The molecule has 0 saturated carbocycles. The number of hydrogen-bond donors (Lipinski definition) is 3. The van der Waals surface area contributed by atoms with E-state index in [1.54, 1.807) is 36.4 Å². The molecule has 28 heavy (non-hydrogen) atoms. The second kappa shape index (κ2) is 7.29. The van der Waals surface area contributed by atoms with E-state index < -0.39 is 17.7 Å². The highest BCUT2D eigenvalue weighted by atomic mass is 35.5. The van der Waals surface area contributed by atoms with Gasteiger partial charge in [0.1, 0.15) is 11.3 Å². The zero-order chi connectivity index (χ0) is 19.9. The number of halogens is 2. The average molecular weight is 432 g/mol. The van der Waals surface area contributed by atoms with E-state index in [2.05, 4.69) is 10.3 Å². The molecule has 2 aromatic carbocycles. The quantitative estimate of drug-likeness (QED) is 0.673. The molecular formula is C20H15Cl2N3O2S. The maximum Gasteiger partial charge on any atom is 0.245 e. The van der Waals surface area contributed by atoms with E-state index in [9.17, 15) is 9.90 Å². The lowest BCUT2D eigenvalue weighted by Crippen LogP contribution is -2.55. The highest BCUT2D eigenvalue weighted by molar-refractivity contribution is 8.16. The maximum absolute atomic E-state index is 12.9. The van der Waals surface area contributed by atoms with Gasteiger partial charge in [-0.2, -0.15) is 0 Å². The van der Waals surface area contributed by atoms with Crippen LogP contribution in [0.25, 0.3) is 9.81 Å². The molecule has 0 radical (unpaired) electrons.